The maximum atomic E-state index is 12.2. The molecule has 6 heteroatoms. The first-order valence-corrected chi connectivity index (χ1v) is 7.14. The molecule has 0 fully saturated rings. The van der Waals surface area contributed by atoms with Crippen LogP contribution >= 0.6 is 0 Å². The average molecular weight is 314 g/mol. The van der Waals surface area contributed by atoms with Gasteiger partial charge in [0.1, 0.15) is 5.11 Å². The lowest BCUT2D eigenvalue weighted by atomic mass is 10.1. The molecule has 0 saturated heterocycles. The van der Waals surface area contributed by atoms with E-state index in [1.807, 2.05) is 36.4 Å². The second-order valence-electron chi connectivity index (χ2n) is 5.06. The van der Waals surface area contributed by atoms with Gasteiger partial charge >= 0.3 is 6.09 Å². The predicted molar refractivity (Wildman–Crippen MR) is 85.8 cm³/mol. The predicted octanol–water partition coefficient (Wildman–Crippen LogP) is 4.50. The van der Waals surface area contributed by atoms with Crippen molar-refractivity contribution >= 4 is 11.8 Å². The number of benzene rings is 2. The van der Waals surface area contributed by atoms with Crippen molar-refractivity contribution in [1.82, 2.24) is 0 Å². The Morgan fingerprint density at radius 1 is 1.13 bits per heavy atom. The second-order valence-corrected chi connectivity index (χ2v) is 5.06. The summed E-state index contributed by atoms with van der Waals surface area (Å²) in [6, 6.07) is 14.7. The Balaban J connectivity index is 2.40. The van der Waals surface area contributed by atoms with Crippen LogP contribution in [-0.4, -0.2) is 24.2 Å². The first-order chi connectivity index (χ1) is 11.0. The Labute approximate surface area is 134 Å². The zero-order valence-corrected chi connectivity index (χ0v) is 13.2. The molecule has 0 aliphatic carbocycles. The van der Waals surface area contributed by atoms with Crippen LogP contribution in [0.3, 0.4) is 0 Å². The largest absolute Gasteiger partial charge is 0.594 e. The molecule has 2 aromatic rings. The molecular weight excluding hydrogens is 296 g/mol. The molecular formula is C17H18N2O4. The Bertz CT molecular complexity index is 712. The molecule has 1 amide bonds. The minimum atomic E-state index is -0.942. The Kier molecular flexibility index (Phi) is 5.30. The van der Waals surface area contributed by atoms with Crippen LogP contribution in [0.25, 0.3) is 11.1 Å². The molecule has 0 heterocycles. The molecule has 2 aromatic carbocycles. The van der Waals surface area contributed by atoms with Gasteiger partial charge in [0, 0.05) is 6.07 Å². The maximum absolute atomic E-state index is 12.2. The van der Waals surface area contributed by atoms with E-state index in [1.54, 1.807) is 26.0 Å². The van der Waals surface area contributed by atoms with Crippen LogP contribution in [0, 0.1) is 5.21 Å². The summed E-state index contributed by atoms with van der Waals surface area (Å²) in [7, 11) is 1.45. The van der Waals surface area contributed by atoms with Gasteiger partial charge in [0.15, 0.2) is 5.75 Å². The Morgan fingerprint density at radius 2 is 1.83 bits per heavy atom. The summed E-state index contributed by atoms with van der Waals surface area (Å²) in [4.78, 5) is 11.7. The maximum Gasteiger partial charge on any atom is 0.492 e. The molecule has 6 nitrogen and oxygen atoms in total. The van der Waals surface area contributed by atoms with E-state index in [0.29, 0.717) is 5.75 Å². The summed E-state index contributed by atoms with van der Waals surface area (Å²) in [6.45, 7) is 3.36. The number of nitrogens with zero attached hydrogens (tertiary/aromatic N) is 2. The van der Waals surface area contributed by atoms with Crippen molar-refractivity contribution in [2.24, 2.45) is 5.11 Å². The van der Waals surface area contributed by atoms with Crippen LogP contribution in [0.15, 0.2) is 53.6 Å². The summed E-state index contributed by atoms with van der Waals surface area (Å²) in [5.41, 5.74) is 1.89. The van der Waals surface area contributed by atoms with E-state index in [0.717, 1.165) is 11.1 Å². The normalized spacial score (nSPS) is 11.4. The second kappa shape index (κ2) is 7.40. The molecule has 0 aliphatic heterocycles. The third-order valence-electron chi connectivity index (χ3n) is 3.00. The molecule has 0 N–H and O–H groups in total. The standard InChI is InChI=1S/C17H18N2O4/c1-12(2)23-17(20)18-19(21)15-11-14(9-10-16(15)22-3)13-7-5-4-6-8-13/h4-12H,1-3H3/b19-18-. The van der Waals surface area contributed by atoms with Crippen LogP contribution < -0.4 is 4.74 Å². The van der Waals surface area contributed by atoms with Gasteiger partial charge in [-0.05, 0) is 35.9 Å². The van der Waals surface area contributed by atoms with Crippen molar-refractivity contribution in [2.45, 2.75) is 20.0 Å². The summed E-state index contributed by atoms with van der Waals surface area (Å²) in [6.07, 6.45) is -1.29. The van der Waals surface area contributed by atoms with Crippen LogP contribution in [0.1, 0.15) is 13.8 Å². The summed E-state index contributed by atoms with van der Waals surface area (Å²) in [5.74, 6) is 0.320. The highest BCUT2D eigenvalue weighted by atomic mass is 16.6. The molecule has 0 unspecified atom stereocenters. The molecule has 120 valence electrons. The van der Waals surface area contributed by atoms with E-state index in [-0.39, 0.29) is 16.7 Å². The van der Waals surface area contributed by atoms with Gasteiger partial charge in [0.05, 0.1) is 13.2 Å². The highest BCUT2D eigenvalue weighted by Crippen LogP contribution is 2.32. The SMILES string of the molecule is COc1ccc(-c2ccccc2)cc1/[N+]([O-])=N/C(=O)OC(C)C. The summed E-state index contributed by atoms with van der Waals surface area (Å²) < 4.78 is 10.0. The minimum Gasteiger partial charge on any atom is -0.594 e. The molecule has 0 spiro atoms. The first kappa shape index (κ1) is 16.5. The molecule has 0 bridgehead atoms. The van der Waals surface area contributed by atoms with Crippen LogP contribution in [0.2, 0.25) is 0 Å². The van der Waals surface area contributed by atoms with Crippen molar-refractivity contribution in [3.8, 4) is 16.9 Å². The number of carbonyl (C=O) groups excluding carboxylic acids is 1. The zero-order chi connectivity index (χ0) is 16.8. The number of rotatable bonds is 4. The van der Waals surface area contributed by atoms with Crippen molar-refractivity contribution in [2.75, 3.05) is 7.11 Å². The van der Waals surface area contributed by atoms with E-state index < -0.39 is 6.09 Å². The van der Waals surface area contributed by atoms with Crippen molar-refractivity contribution in [3.63, 3.8) is 0 Å². The number of amides is 1. The van der Waals surface area contributed by atoms with Gasteiger partial charge in [-0.1, -0.05) is 36.4 Å². The summed E-state index contributed by atoms with van der Waals surface area (Å²) >= 11 is 0. The Hall–Kier alpha value is -2.89. The quantitative estimate of drug-likeness (QED) is 0.473. The van der Waals surface area contributed by atoms with Gasteiger partial charge < -0.3 is 14.7 Å². The zero-order valence-electron chi connectivity index (χ0n) is 13.2. The third-order valence-corrected chi connectivity index (χ3v) is 3.00. The minimum absolute atomic E-state index is 0.134. The number of methoxy groups -OCH3 is 1. The molecule has 0 aliphatic rings. The number of azo groups is 1. The lowest BCUT2D eigenvalue weighted by Gasteiger charge is -2.08. The van der Waals surface area contributed by atoms with Crippen molar-refractivity contribution < 1.29 is 19.1 Å². The summed E-state index contributed by atoms with van der Waals surface area (Å²) in [5, 5.41) is 15.5. The van der Waals surface area contributed by atoms with Crippen LogP contribution in [0.5, 0.6) is 5.75 Å². The van der Waals surface area contributed by atoms with E-state index in [4.69, 9.17) is 9.47 Å². The number of carbonyl (C=O) groups is 1. The highest BCUT2D eigenvalue weighted by Gasteiger charge is 2.17. The molecule has 0 aromatic heterocycles. The molecule has 23 heavy (non-hydrogen) atoms. The first-order valence-electron chi connectivity index (χ1n) is 7.14. The fourth-order valence-corrected chi connectivity index (χ4v) is 2.00. The van der Waals surface area contributed by atoms with Crippen LogP contribution in [0.4, 0.5) is 10.5 Å². The average Bonchev–Trinajstić information content (AvgIpc) is 2.54. The smallest absolute Gasteiger partial charge is 0.492 e. The topological polar surface area (TPSA) is 74.0 Å². The van der Waals surface area contributed by atoms with E-state index >= 15 is 0 Å². The molecule has 0 saturated carbocycles. The fraction of sp³-hybridized carbons (Fsp3) is 0.235. The number of hydrogen-bond donors (Lipinski definition) is 0. The van der Waals surface area contributed by atoms with Gasteiger partial charge in [-0.2, -0.15) is 0 Å². The highest BCUT2D eigenvalue weighted by molar-refractivity contribution is 5.69. The molecule has 0 atom stereocenters. The van der Waals surface area contributed by atoms with Gasteiger partial charge in [-0.25, -0.2) is 4.79 Å². The van der Waals surface area contributed by atoms with E-state index in [9.17, 15) is 10.0 Å². The van der Waals surface area contributed by atoms with E-state index in [2.05, 4.69) is 5.11 Å². The Morgan fingerprint density at radius 3 is 2.43 bits per heavy atom. The molecule has 0 radical (unpaired) electrons. The lowest BCUT2D eigenvalue weighted by Crippen LogP contribution is -2.09. The van der Waals surface area contributed by atoms with Gasteiger partial charge in [-0.15, -0.1) is 0 Å². The number of hydrogen-bond acceptors (Lipinski definition) is 4. The monoisotopic (exact) mass is 314 g/mol. The van der Waals surface area contributed by atoms with Gasteiger partial charge in [-0.3, -0.25) is 0 Å². The number of ether oxygens (including phenoxy) is 2. The van der Waals surface area contributed by atoms with Crippen molar-refractivity contribution in [3.05, 3.63) is 53.7 Å². The van der Waals surface area contributed by atoms with Gasteiger partial charge in [0.2, 0.25) is 0 Å². The van der Waals surface area contributed by atoms with Crippen LogP contribution in [-0.2, 0) is 4.74 Å². The van der Waals surface area contributed by atoms with Crippen molar-refractivity contribution in [1.29, 1.82) is 0 Å². The third kappa shape index (κ3) is 4.29. The fourth-order valence-electron chi connectivity index (χ4n) is 2.00. The lowest BCUT2D eigenvalue weighted by molar-refractivity contribution is -0.436. The van der Waals surface area contributed by atoms with E-state index in [1.165, 1.54) is 7.11 Å². The molecule has 2 rings (SSSR count). The van der Waals surface area contributed by atoms with Gasteiger partial charge in [0.25, 0.3) is 5.69 Å².